The molecule has 0 aromatic heterocycles. The van der Waals surface area contributed by atoms with Gasteiger partial charge in [-0.25, -0.2) is 4.57 Å². The molecule has 0 spiro atoms. The van der Waals surface area contributed by atoms with Crippen LogP contribution in [-0.4, -0.2) is 86.1 Å². The predicted octanol–water partition coefficient (Wildman–Crippen LogP) is 10.1. The lowest BCUT2D eigenvalue weighted by molar-refractivity contribution is -0.870. The highest BCUT2D eigenvalue weighted by atomic mass is 31.2. The molecule has 10 nitrogen and oxygen atoms in total. The molecule has 0 saturated carbocycles. The van der Waals surface area contributed by atoms with Crippen LogP contribution in [-0.2, 0) is 32.7 Å². The minimum Gasteiger partial charge on any atom is -0.462 e. The van der Waals surface area contributed by atoms with E-state index in [4.69, 9.17) is 18.5 Å². The Bertz CT molecular complexity index is 1070. The average Bonchev–Trinajstić information content (AvgIpc) is 3.10. The van der Waals surface area contributed by atoms with Gasteiger partial charge in [0, 0.05) is 12.8 Å². The number of phosphoric acid groups is 1. The van der Waals surface area contributed by atoms with Gasteiger partial charge in [0.1, 0.15) is 19.8 Å². The Hall–Kier alpha value is -2.07. The van der Waals surface area contributed by atoms with Crippen molar-refractivity contribution in [3.63, 3.8) is 0 Å². The van der Waals surface area contributed by atoms with Crippen LogP contribution in [0.2, 0.25) is 0 Å². The van der Waals surface area contributed by atoms with Crippen molar-refractivity contribution in [2.75, 3.05) is 47.5 Å². The monoisotopic (exact) mass is 771 g/mol. The van der Waals surface area contributed by atoms with Crippen LogP contribution in [0.1, 0.15) is 149 Å². The first-order valence-electron chi connectivity index (χ1n) is 20.5. The summed E-state index contributed by atoms with van der Waals surface area (Å²) in [5, 5.41) is 10.2. The lowest BCUT2D eigenvalue weighted by Gasteiger charge is -2.24. The second-order valence-corrected chi connectivity index (χ2v) is 16.3. The number of ether oxygens (including phenoxy) is 2. The number of rotatable bonds is 36. The normalized spacial score (nSPS) is 14.8. The molecule has 11 heteroatoms. The summed E-state index contributed by atoms with van der Waals surface area (Å²) < 4.78 is 34.1. The van der Waals surface area contributed by atoms with E-state index in [1.165, 1.54) is 70.6 Å². The zero-order valence-electron chi connectivity index (χ0n) is 34.1. The second-order valence-electron chi connectivity index (χ2n) is 14.9. The Balaban J connectivity index is 4.60. The molecule has 0 rings (SSSR count). The van der Waals surface area contributed by atoms with Gasteiger partial charge in [-0.1, -0.05) is 140 Å². The quantitative estimate of drug-likeness (QED) is 0.0160. The van der Waals surface area contributed by atoms with Crippen molar-refractivity contribution >= 4 is 19.8 Å². The number of aliphatic hydroxyl groups is 1. The van der Waals surface area contributed by atoms with Crippen LogP contribution in [0.4, 0.5) is 0 Å². The minimum absolute atomic E-state index is 0.00465. The third-order valence-electron chi connectivity index (χ3n) is 8.44. The van der Waals surface area contributed by atoms with E-state index in [2.05, 4.69) is 32.1 Å². The number of hydrogen-bond donors (Lipinski definition) is 2. The molecule has 0 saturated heterocycles. The maximum absolute atomic E-state index is 12.6. The Morgan fingerprint density at radius 2 is 1.26 bits per heavy atom. The summed E-state index contributed by atoms with van der Waals surface area (Å²) >= 11 is 0. The zero-order valence-corrected chi connectivity index (χ0v) is 35.0. The number of nitrogens with zero attached hydrogens (tertiary/aromatic N) is 1. The van der Waals surface area contributed by atoms with E-state index < -0.39 is 38.6 Å². The van der Waals surface area contributed by atoms with Crippen LogP contribution in [0.3, 0.4) is 0 Å². The largest absolute Gasteiger partial charge is 0.472 e. The van der Waals surface area contributed by atoms with E-state index in [1.807, 2.05) is 45.4 Å². The number of esters is 2. The third kappa shape index (κ3) is 38.0. The topological polar surface area (TPSA) is 129 Å². The molecule has 3 atom stereocenters. The Kier molecular flexibility index (Phi) is 33.1. The van der Waals surface area contributed by atoms with Gasteiger partial charge in [0.05, 0.1) is 33.9 Å². The molecule has 3 unspecified atom stereocenters. The summed E-state index contributed by atoms with van der Waals surface area (Å²) in [6, 6.07) is 0. The number of carbonyl (C=O) groups excluding carboxylic acids is 2. The zero-order chi connectivity index (χ0) is 39.5. The molecule has 0 radical (unpaired) electrons. The van der Waals surface area contributed by atoms with Gasteiger partial charge in [0.15, 0.2) is 6.10 Å². The molecule has 308 valence electrons. The number of quaternary nitrogens is 1. The third-order valence-corrected chi connectivity index (χ3v) is 9.43. The number of phosphoric ester groups is 1. The smallest absolute Gasteiger partial charge is 0.462 e. The summed E-state index contributed by atoms with van der Waals surface area (Å²) in [4.78, 5) is 35.2. The van der Waals surface area contributed by atoms with Gasteiger partial charge in [-0.05, 0) is 44.9 Å². The van der Waals surface area contributed by atoms with Crippen LogP contribution >= 0.6 is 7.82 Å². The van der Waals surface area contributed by atoms with Gasteiger partial charge in [-0.2, -0.15) is 0 Å². The summed E-state index contributed by atoms with van der Waals surface area (Å²) in [6.07, 6.45) is 34.7. The van der Waals surface area contributed by atoms with E-state index in [0.29, 0.717) is 30.3 Å². The van der Waals surface area contributed by atoms with Gasteiger partial charge in [-0.3, -0.25) is 18.6 Å². The van der Waals surface area contributed by atoms with Gasteiger partial charge in [-0.15, -0.1) is 0 Å². The molecule has 0 fully saturated rings. The first kappa shape index (κ1) is 50.9. The van der Waals surface area contributed by atoms with E-state index in [9.17, 15) is 24.2 Å². The van der Waals surface area contributed by atoms with Crippen LogP contribution in [0.25, 0.3) is 0 Å². The molecule has 0 heterocycles. The molecule has 2 N–H and O–H groups in total. The minimum atomic E-state index is -4.41. The lowest BCUT2D eigenvalue weighted by atomic mass is 10.1. The standard InChI is InChI=1S/C42H76NO9P/c1-6-8-10-12-14-16-18-20-22-24-29-33-41(45)49-37-40(38-51-53(47,48)50-36-35-43(3,4)5)52-42(46)34-30-26-25-28-32-39(44)31-27-23-21-19-17-15-13-11-9-7-2/h15,17,21,23,25,27-28,31,39-40,44H,6-14,16,18-20,22,24,26,29-30,32-38H2,1-5H3/p+1/b17-15-,23-21-,28-25-,31-27-. The fourth-order valence-electron chi connectivity index (χ4n) is 5.15. The molecule has 0 bridgehead atoms. The Labute approximate surface area is 323 Å². The molecular formula is C42H77NO9P+. The van der Waals surface area contributed by atoms with Gasteiger partial charge in [0.2, 0.25) is 0 Å². The van der Waals surface area contributed by atoms with Crippen molar-refractivity contribution in [1.82, 2.24) is 0 Å². The van der Waals surface area contributed by atoms with Crippen LogP contribution in [0, 0.1) is 0 Å². The van der Waals surface area contributed by atoms with Gasteiger partial charge in [0.25, 0.3) is 0 Å². The van der Waals surface area contributed by atoms with E-state index in [1.54, 1.807) is 6.08 Å². The molecule has 0 aliphatic carbocycles. The maximum Gasteiger partial charge on any atom is 0.472 e. The predicted molar refractivity (Wildman–Crippen MR) is 216 cm³/mol. The van der Waals surface area contributed by atoms with Gasteiger partial charge >= 0.3 is 19.8 Å². The Morgan fingerprint density at radius 3 is 1.92 bits per heavy atom. The summed E-state index contributed by atoms with van der Waals surface area (Å²) in [6.45, 7) is 4.19. The van der Waals surface area contributed by atoms with Crippen molar-refractivity contribution < 1.29 is 47.2 Å². The highest BCUT2D eigenvalue weighted by molar-refractivity contribution is 7.47. The molecular weight excluding hydrogens is 693 g/mol. The van der Waals surface area contributed by atoms with Crippen molar-refractivity contribution in [3.8, 4) is 0 Å². The second kappa shape index (κ2) is 34.4. The Morgan fingerprint density at radius 1 is 0.679 bits per heavy atom. The lowest BCUT2D eigenvalue weighted by Crippen LogP contribution is -2.37. The molecule has 53 heavy (non-hydrogen) atoms. The number of likely N-dealkylation sites (N-methyl/N-ethyl adjacent to an activating group) is 1. The SMILES string of the molecule is CCCCC/C=C\C/C=C\C=C/C(O)C/C=C\CCCC(=O)OC(COC(=O)CCCCCCCCCCCCC)COP(=O)(O)OCC[N+](C)(C)C. The van der Waals surface area contributed by atoms with Crippen LogP contribution in [0.15, 0.2) is 48.6 Å². The summed E-state index contributed by atoms with van der Waals surface area (Å²) in [5.74, 6) is -0.936. The molecule has 0 aromatic rings. The van der Waals surface area contributed by atoms with Crippen molar-refractivity contribution in [2.24, 2.45) is 0 Å². The van der Waals surface area contributed by atoms with E-state index in [0.717, 1.165) is 32.1 Å². The maximum atomic E-state index is 12.6. The summed E-state index contributed by atoms with van der Waals surface area (Å²) in [5.41, 5.74) is 0. The first-order chi connectivity index (χ1) is 25.4. The molecule has 0 amide bonds. The number of unbranched alkanes of at least 4 members (excludes halogenated alkanes) is 14. The average molecular weight is 771 g/mol. The van der Waals surface area contributed by atoms with Crippen molar-refractivity contribution in [2.45, 2.75) is 161 Å². The van der Waals surface area contributed by atoms with Gasteiger partial charge < -0.3 is 24.0 Å². The highest BCUT2D eigenvalue weighted by Crippen LogP contribution is 2.43. The number of carbonyl (C=O) groups is 2. The van der Waals surface area contributed by atoms with Crippen molar-refractivity contribution in [3.05, 3.63) is 48.6 Å². The molecule has 0 aliphatic heterocycles. The number of allylic oxidation sites excluding steroid dienone is 6. The molecule has 0 aliphatic rings. The molecule has 0 aromatic carbocycles. The fraction of sp³-hybridized carbons (Fsp3) is 0.762. The highest BCUT2D eigenvalue weighted by Gasteiger charge is 2.27. The first-order valence-corrected chi connectivity index (χ1v) is 22.0. The fourth-order valence-corrected chi connectivity index (χ4v) is 5.89. The van der Waals surface area contributed by atoms with Crippen LogP contribution < -0.4 is 0 Å². The van der Waals surface area contributed by atoms with Crippen molar-refractivity contribution in [1.29, 1.82) is 0 Å². The van der Waals surface area contributed by atoms with E-state index in [-0.39, 0.29) is 26.1 Å². The van der Waals surface area contributed by atoms with E-state index >= 15 is 0 Å². The van der Waals surface area contributed by atoms with Crippen LogP contribution in [0.5, 0.6) is 0 Å². The number of aliphatic hydroxyl groups excluding tert-OH is 1. The summed E-state index contributed by atoms with van der Waals surface area (Å²) in [7, 11) is 1.38. The number of hydrogen-bond acceptors (Lipinski definition) is 8.